The zero-order valence-corrected chi connectivity index (χ0v) is 9.80. The number of hydrogen-bond donors (Lipinski definition) is 1. The van der Waals surface area contributed by atoms with Crippen LogP contribution in [0.15, 0.2) is 12.2 Å². The molecule has 0 aliphatic heterocycles. The lowest BCUT2D eigenvalue weighted by molar-refractivity contribution is 0.0640. The van der Waals surface area contributed by atoms with Crippen molar-refractivity contribution < 1.29 is 9.84 Å². The molecule has 1 N–H and O–H groups in total. The quantitative estimate of drug-likeness (QED) is 0.578. The Morgan fingerprint density at radius 2 is 2.29 bits per heavy atom. The van der Waals surface area contributed by atoms with Gasteiger partial charge in [-0.05, 0) is 32.1 Å². The highest BCUT2D eigenvalue weighted by atomic mass is 32.2. The van der Waals surface area contributed by atoms with Gasteiger partial charge in [-0.1, -0.05) is 12.2 Å². The highest BCUT2D eigenvalue weighted by Crippen LogP contribution is 2.34. The molecule has 0 amide bonds. The minimum Gasteiger partial charge on any atom is -0.386 e. The molecule has 1 aliphatic carbocycles. The summed E-state index contributed by atoms with van der Waals surface area (Å²) in [6, 6.07) is 0. The summed E-state index contributed by atoms with van der Waals surface area (Å²) in [6.45, 7) is 2.07. The minimum absolute atomic E-state index is 0.207. The van der Waals surface area contributed by atoms with Crippen LogP contribution in [0.1, 0.15) is 26.2 Å². The zero-order valence-electron chi connectivity index (χ0n) is 8.98. The summed E-state index contributed by atoms with van der Waals surface area (Å²) in [6.07, 6.45) is 8.17. The number of rotatable bonds is 4. The maximum Gasteiger partial charge on any atom is 0.0889 e. The Balaban J connectivity index is 2.45. The average Bonchev–Trinajstić information content (AvgIpc) is 2.21. The predicted octanol–water partition coefficient (Wildman–Crippen LogP) is 2.43. The fourth-order valence-corrected chi connectivity index (χ4v) is 3.04. The normalized spacial score (nSPS) is 33.8. The van der Waals surface area contributed by atoms with Gasteiger partial charge in [0.25, 0.3) is 0 Å². The first-order valence-electron chi connectivity index (χ1n) is 5.19. The van der Waals surface area contributed by atoms with Crippen LogP contribution in [0.5, 0.6) is 0 Å². The molecule has 0 radical (unpaired) electrons. The van der Waals surface area contributed by atoms with Gasteiger partial charge in [-0.2, -0.15) is 0 Å². The van der Waals surface area contributed by atoms with E-state index in [1.54, 1.807) is 18.9 Å². The van der Waals surface area contributed by atoms with E-state index < -0.39 is 0 Å². The van der Waals surface area contributed by atoms with Gasteiger partial charge in [0.1, 0.15) is 0 Å². The van der Waals surface area contributed by atoms with Crippen LogP contribution >= 0.6 is 11.8 Å². The topological polar surface area (TPSA) is 29.5 Å². The predicted molar refractivity (Wildman–Crippen MR) is 61.4 cm³/mol. The van der Waals surface area contributed by atoms with Crippen molar-refractivity contribution in [2.75, 3.05) is 13.0 Å². The third-order valence-electron chi connectivity index (χ3n) is 2.83. The monoisotopic (exact) mass is 216 g/mol. The number of ether oxygens (including phenoxy) is 1. The maximum absolute atomic E-state index is 8.89. The third kappa shape index (κ3) is 3.30. The fourth-order valence-electron chi connectivity index (χ4n) is 2.11. The molecule has 3 unspecified atom stereocenters. The third-order valence-corrected chi connectivity index (χ3v) is 3.94. The average molecular weight is 216 g/mol. The van der Waals surface area contributed by atoms with Gasteiger partial charge in [0.05, 0.1) is 12.0 Å². The molecule has 0 aromatic heterocycles. The molecule has 0 aromatic carbocycles. The molecular weight excluding hydrogens is 196 g/mol. The van der Waals surface area contributed by atoms with Crippen molar-refractivity contribution in [3.63, 3.8) is 0 Å². The van der Waals surface area contributed by atoms with E-state index in [1.807, 2.05) is 0 Å². The van der Waals surface area contributed by atoms with Crippen LogP contribution in [0, 0.1) is 5.92 Å². The molecular formula is C11H20O2S. The molecule has 0 spiro atoms. The van der Waals surface area contributed by atoms with Crippen molar-refractivity contribution in [1.29, 1.82) is 0 Å². The van der Waals surface area contributed by atoms with Crippen LogP contribution in [0.4, 0.5) is 0 Å². The van der Waals surface area contributed by atoms with Crippen LogP contribution in [-0.2, 0) is 4.74 Å². The van der Waals surface area contributed by atoms with Crippen LogP contribution in [0.3, 0.4) is 0 Å². The van der Waals surface area contributed by atoms with E-state index in [-0.39, 0.29) is 5.94 Å². The van der Waals surface area contributed by atoms with Crippen LogP contribution in [0.25, 0.3) is 0 Å². The second-order valence-corrected chi connectivity index (χ2v) is 4.90. The molecule has 0 heterocycles. The van der Waals surface area contributed by atoms with E-state index in [2.05, 4.69) is 19.1 Å². The highest BCUT2D eigenvalue weighted by Gasteiger charge is 2.29. The molecule has 82 valence electrons. The minimum atomic E-state index is 0.207. The number of thioether (sulfide) groups is 1. The Labute approximate surface area is 90.7 Å². The van der Waals surface area contributed by atoms with Gasteiger partial charge < -0.3 is 9.84 Å². The Morgan fingerprint density at radius 1 is 1.50 bits per heavy atom. The summed E-state index contributed by atoms with van der Waals surface area (Å²) in [5.41, 5.74) is 0. The van der Waals surface area contributed by atoms with E-state index >= 15 is 0 Å². The first kappa shape index (κ1) is 12.1. The van der Waals surface area contributed by atoms with E-state index in [9.17, 15) is 0 Å². The van der Waals surface area contributed by atoms with E-state index in [0.717, 1.165) is 12.8 Å². The highest BCUT2D eigenvalue weighted by molar-refractivity contribution is 7.99. The SMILES string of the molecule is C/C=C\C1CCC(SCO)C(OC)C1. The molecule has 3 atom stereocenters. The van der Waals surface area contributed by atoms with Crippen molar-refractivity contribution >= 4 is 11.8 Å². The lowest BCUT2D eigenvalue weighted by atomic mass is 9.86. The number of aliphatic hydroxyl groups excluding tert-OH is 1. The van der Waals surface area contributed by atoms with E-state index in [1.165, 1.54) is 6.42 Å². The van der Waals surface area contributed by atoms with Gasteiger partial charge in [0, 0.05) is 12.4 Å². The van der Waals surface area contributed by atoms with Gasteiger partial charge in [-0.15, -0.1) is 11.8 Å². The van der Waals surface area contributed by atoms with Gasteiger partial charge in [0.2, 0.25) is 0 Å². The molecule has 0 saturated heterocycles. The Bertz CT molecular complexity index is 182. The number of methoxy groups -OCH3 is 1. The van der Waals surface area contributed by atoms with E-state index in [0.29, 0.717) is 17.3 Å². The van der Waals surface area contributed by atoms with Crippen molar-refractivity contribution in [2.24, 2.45) is 5.92 Å². The number of allylic oxidation sites excluding steroid dienone is 2. The molecule has 0 bridgehead atoms. The summed E-state index contributed by atoms with van der Waals surface area (Å²) in [4.78, 5) is 0. The second kappa shape index (κ2) is 6.49. The fraction of sp³-hybridized carbons (Fsp3) is 0.818. The van der Waals surface area contributed by atoms with E-state index in [4.69, 9.17) is 9.84 Å². The Kier molecular flexibility index (Phi) is 5.60. The molecule has 1 aliphatic rings. The molecule has 1 rings (SSSR count). The molecule has 2 nitrogen and oxygen atoms in total. The smallest absolute Gasteiger partial charge is 0.0889 e. The first-order valence-corrected chi connectivity index (χ1v) is 6.24. The van der Waals surface area contributed by atoms with Crippen molar-refractivity contribution in [1.82, 2.24) is 0 Å². The molecule has 1 fully saturated rings. The largest absolute Gasteiger partial charge is 0.386 e. The Hall–Kier alpha value is 0.01000. The van der Waals surface area contributed by atoms with Crippen molar-refractivity contribution in [2.45, 2.75) is 37.5 Å². The lowest BCUT2D eigenvalue weighted by Crippen LogP contribution is -2.33. The van der Waals surface area contributed by atoms with Gasteiger partial charge in [-0.25, -0.2) is 0 Å². The number of hydrogen-bond acceptors (Lipinski definition) is 3. The lowest BCUT2D eigenvalue weighted by Gasteiger charge is -2.33. The summed E-state index contributed by atoms with van der Waals surface area (Å²) in [7, 11) is 1.77. The molecule has 14 heavy (non-hydrogen) atoms. The summed E-state index contributed by atoms with van der Waals surface area (Å²) < 4.78 is 5.47. The van der Waals surface area contributed by atoms with Gasteiger partial charge >= 0.3 is 0 Å². The van der Waals surface area contributed by atoms with Gasteiger partial charge in [-0.3, -0.25) is 0 Å². The van der Waals surface area contributed by atoms with Crippen LogP contribution in [0.2, 0.25) is 0 Å². The van der Waals surface area contributed by atoms with Crippen molar-refractivity contribution in [3.8, 4) is 0 Å². The molecule has 3 heteroatoms. The zero-order chi connectivity index (χ0) is 10.4. The van der Waals surface area contributed by atoms with Gasteiger partial charge in [0.15, 0.2) is 0 Å². The summed E-state index contributed by atoms with van der Waals surface area (Å²) in [5, 5.41) is 9.37. The summed E-state index contributed by atoms with van der Waals surface area (Å²) >= 11 is 1.61. The summed E-state index contributed by atoms with van der Waals surface area (Å²) in [5.74, 6) is 0.874. The number of aliphatic hydroxyl groups is 1. The maximum atomic E-state index is 8.89. The van der Waals surface area contributed by atoms with Crippen molar-refractivity contribution in [3.05, 3.63) is 12.2 Å². The Morgan fingerprint density at radius 3 is 2.86 bits per heavy atom. The molecule has 1 saturated carbocycles. The van der Waals surface area contributed by atoms with Crippen LogP contribution in [-0.4, -0.2) is 29.5 Å². The second-order valence-electron chi connectivity index (χ2n) is 3.71. The standard InChI is InChI=1S/C11H20O2S/c1-3-4-9-5-6-11(14-8-12)10(7-9)13-2/h3-4,9-12H,5-8H2,1-2H3/b4-3-. The molecule has 0 aromatic rings. The van der Waals surface area contributed by atoms with Crippen LogP contribution < -0.4 is 0 Å². The first-order chi connectivity index (χ1) is 6.81.